The molecule has 1 aromatic carbocycles. The number of hydrogen-bond donors (Lipinski definition) is 1. The SMILES string of the molecule is NC(=O)CCn1c(SCC=Cc2ccccc2)nnc1-c1ccco1. The van der Waals surface area contributed by atoms with Gasteiger partial charge in [0, 0.05) is 18.7 Å². The molecule has 1 amide bonds. The number of nitrogens with zero attached hydrogens (tertiary/aromatic N) is 3. The summed E-state index contributed by atoms with van der Waals surface area (Å²) in [4.78, 5) is 11.1. The zero-order chi connectivity index (χ0) is 17.5. The van der Waals surface area contributed by atoms with Gasteiger partial charge in [0.1, 0.15) is 0 Å². The van der Waals surface area contributed by atoms with Crippen molar-refractivity contribution >= 4 is 23.7 Å². The van der Waals surface area contributed by atoms with Gasteiger partial charge in [-0.2, -0.15) is 0 Å². The van der Waals surface area contributed by atoms with Gasteiger partial charge in [-0.05, 0) is 17.7 Å². The summed E-state index contributed by atoms with van der Waals surface area (Å²) in [5.41, 5.74) is 6.43. The topological polar surface area (TPSA) is 86.9 Å². The first-order valence-electron chi connectivity index (χ1n) is 7.84. The number of nitrogens with two attached hydrogens (primary N) is 1. The third kappa shape index (κ3) is 4.60. The van der Waals surface area contributed by atoms with E-state index in [9.17, 15) is 4.79 Å². The fourth-order valence-corrected chi connectivity index (χ4v) is 3.05. The lowest BCUT2D eigenvalue weighted by Gasteiger charge is -2.07. The number of hydrogen-bond acceptors (Lipinski definition) is 5. The molecule has 0 spiro atoms. The fraction of sp³-hybridized carbons (Fsp3) is 0.167. The average Bonchev–Trinajstić information content (AvgIpc) is 3.27. The Morgan fingerprint density at radius 1 is 1.20 bits per heavy atom. The number of primary amides is 1. The summed E-state index contributed by atoms with van der Waals surface area (Å²) in [6.45, 7) is 0.420. The Bertz CT molecular complexity index is 841. The maximum Gasteiger partial charge on any atom is 0.219 e. The van der Waals surface area contributed by atoms with Crippen LogP contribution in [0, 0.1) is 0 Å². The van der Waals surface area contributed by atoms with Crippen molar-refractivity contribution in [3.05, 3.63) is 60.4 Å². The monoisotopic (exact) mass is 354 g/mol. The first-order chi connectivity index (χ1) is 12.2. The van der Waals surface area contributed by atoms with E-state index in [1.54, 1.807) is 24.1 Å². The molecule has 3 aromatic rings. The van der Waals surface area contributed by atoms with E-state index in [0.29, 0.717) is 18.1 Å². The highest BCUT2D eigenvalue weighted by Crippen LogP contribution is 2.24. The van der Waals surface area contributed by atoms with Crippen LogP contribution in [0.3, 0.4) is 0 Å². The molecule has 7 heteroatoms. The molecule has 0 saturated carbocycles. The summed E-state index contributed by atoms with van der Waals surface area (Å²) in [5.74, 6) is 1.59. The minimum Gasteiger partial charge on any atom is -0.461 e. The molecule has 0 aliphatic carbocycles. The first kappa shape index (κ1) is 17.0. The van der Waals surface area contributed by atoms with E-state index in [2.05, 4.69) is 22.3 Å². The third-order valence-electron chi connectivity index (χ3n) is 3.46. The highest BCUT2D eigenvalue weighted by molar-refractivity contribution is 7.99. The molecule has 0 radical (unpaired) electrons. The van der Waals surface area contributed by atoms with Crippen molar-refractivity contribution in [3.63, 3.8) is 0 Å². The largest absolute Gasteiger partial charge is 0.461 e. The van der Waals surface area contributed by atoms with E-state index in [1.165, 1.54) is 0 Å². The van der Waals surface area contributed by atoms with Gasteiger partial charge in [-0.15, -0.1) is 10.2 Å². The van der Waals surface area contributed by atoms with E-state index < -0.39 is 0 Å². The highest BCUT2D eigenvalue weighted by atomic mass is 32.2. The second-order valence-electron chi connectivity index (χ2n) is 5.28. The molecule has 2 aromatic heterocycles. The number of carbonyl (C=O) groups excluding carboxylic acids is 1. The first-order valence-corrected chi connectivity index (χ1v) is 8.82. The van der Waals surface area contributed by atoms with E-state index in [4.69, 9.17) is 10.2 Å². The van der Waals surface area contributed by atoms with E-state index in [-0.39, 0.29) is 12.3 Å². The number of aromatic nitrogens is 3. The summed E-state index contributed by atoms with van der Waals surface area (Å²) in [6.07, 6.45) is 5.93. The molecule has 25 heavy (non-hydrogen) atoms. The van der Waals surface area contributed by atoms with Crippen LogP contribution < -0.4 is 5.73 Å². The van der Waals surface area contributed by atoms with E-state index in [1.807, 2.05) is 41.0 Å². The molecular formula is C18H18N4O2S. The molecule has 3 rings (SSSR count). The maximum atomic E-state index is 11.1. The Morgan fingerprint density at radius 3 is 2.76 bits per heavy atom. The summed E-state index contributed by atoms with van der Waals surface area (Å²) in [5, 5.41) is 9.15. The molecule has 0 aliphatic heterocycles. The number of furan rings is 1. The Labute approximate surface area is 149 Å². The highest BCUT2D eigenvalue weighted by Gasteiger charge is 2.16. The van der Waals surface area contributed by atoms with Crippen molar-refractivity contribution in [2.75, 3.05) is 5.75 Å². The predicted octanol–water partition coefficient (Wildman–Crippen LogP) is 3.22. The van der Waals surface area contributed by atoms with Gasteiger partial charge in [-0.1, -0.05) is 54.2 Å². The maximum absolute atomic E-state index is 11.1. The Hall–Kier alpha value is -2.80. The molecule has 0 bridgehead atoms. The molecule has 0 fully saturated rings. The Morgan fingerprint density at radius 2 is 2.04 bits per heavy atom. The second kappa shape index (κ2) is 8.34. The van der Waals surface area contributed by atoms with Gasteiger partial charge in [0.2, 0.25) is 5.91 Å². The van der Waals surface area contributed by atoms with Crippen molar-refractivity contribution in [2.45, 2.75) is 18.1 Å². The Balaban J connectivity index is 1.71. The smallest absolute Gasteiger partial charge is 0.219 e. The van der Waals surface area contributed by atoms with Gasteiger partial charge >= 0.3 is 0 Å². The lowest BCUT2D eigenvalue weighted by atomic mass is 10.2. The van der Waals surface area contributed by atoms with Gasteiger partial charge in [0.05, 0.1) is 6.26 Å². The summed E-state index contributed by atoms with van der Waals surface area (Å²) in [7, 11) is 0. The number of thioether (sulfide) groups is 1. The van der Waals surface area contributed by atoms with Crippen molar-refractivity contribution in [1.29, 1.82) is 0 Å². The lowest BCUT2D eigenvalue weighted by Crippen LogP contribution is -2.15. The molecule has 2 heterocycles. The van der Waals surface area contributed by atoms with Crippen LogP contribution in [0.25, 0.3) is 17.7 Å². The van der Waals surface area contributed by atoms with Gasteiger partial charge in [0.15, 0.2) is 16.7 Å². The van der Waals surface area contributed by atoms with Gasteiger partial charge in [-0.25, -0.2) is 0 Å². The van der Waals surface area contributed by atoms with Crippen LogP contribution in [-0.2, 0) is 11.3 Å². The van der Waals surface area contributed by atoms with Gasteiger partial charge in [0.25, 0.3) is 0 Å². The van der Waals surface area contributed by atoms with Crippen LogP contribution in [0.2, 0.25) is 0 Å². The minimum atomic E-state index is -0.362. The third-order valence-corrected chi connectivity index (χ3v) is 4.38. The van der Waals surface area contributed by atoms with Crippen LogP contribution >= 0.6 is 11.8 Å². The van der Waals surface area contributed by atoms with Crippen molar-refractivity contribution < 1.29 is 9.21 Å². The Kier molecular flexibility index (Phi) is 5.69. The van der Waals surface area contributed by atoms with Crippen molar-refractivity contribution in [3.8, 4) is 11.6 Å². The molecule has 6 nitrogen and oxygen atoms in total. The molecule has 0 unspecified atom stereocenters. The normalized spacial score (nSPS) is 11.2. The van der Waals surface area contributed by atoms with Crippen LogP contribution in [0.15, 0.2) is 64.4 Å². The standard InChI is InChI=1S/C18H18N4O2S/c19-16(23)10-11-22-17(15-9-4-12-24-15)20-21-18(22)25-13-5-8-14-6-2-1-3-7-14/h1-9,12H,10-11,13H2,(H2,19,23). The number of carbonyl (C=O) groups is 1. The molecular weight excluding hydrogens is 336 g/mol. The number of benzene rings is 1. The van der Waals surface area contributed by atoms with Crippen LogP contribution in [0.4, 0.5) is 0 Å². The van der Waals surface area contributed by atoms with E-state index >= 15 is 0 Å². The predicted molar refractivity (Wildman–Crippen MR) is 97.7 cm³/mol. The van der Waals surface area contributed by atoms with Crippen LogP contribution in [0.1, 0.15) is 12.0 Å². The summed E-state index contributed by atoms with van der Waals surface area (Å²) in [6, 6.07) is 13.7. The van der Waals surface area contributed by atoms with Crippen LogP contribution in [-0.4, -0.2) is 26.4 Å². The zero-order valence-electron chi connectivity index (χ0n) is 13.5. The number of rotatable bonds is 8. The van der Waals surface area contributed by atoms with Gasteiger partial charge in [-0.3, -0.25) is 9.36 Å². The molecule has 128 valence electrons. The summed E-state index contributed by atoms with van der Waals surface area (Å²) < 4.78 is 7.27. The lowest BCUT2D eigenvalue weighted by molar-refractivity contribution is -0.118. The average molecular weight is 354 g/mol. The molecule has 0 atom stereocenters. The van der Waals surface area contributed by atoms with E-state index in [0.717, 1.165) is 16.5 Å². The number of amides is 1. The van der Waals surface area contributed by atoms with Crippen LogP contribution in [0.5, 0.6) is 0 Å². The fourth-order valence-electron chi connectivity index (χ4n) is 2.28. The quantitative estimate of drug-likeness (QED) is 0.628. The second-order valence-corrected chi connectivity index (χ2v) is 6.26. The van der Waals surface area contributed by atoms with Crippen molar-refractivity contribution in [2.24, 2.45) is 5.73 Å². The molecule has 0 saturated heterocycles. The van der Waals surface area contributed by atoms with Gasteiger partial charge < -0.3 is 10.2 Å². The molecule has 0 aliphatic rings. The zero-order valence-corrected chi connectivity index (χ0v) is 14.4. The molecule has 2 N–H and O–H groups in total. The minimum absolute atomic E-state index is 0.221. The van der Waals surface area contributed by atoms with Crippen molar-refractivity contribution in [1.82, 2.24) is 14.8 Å². The summed E-state index contributed by atoms with van der Waals surface area (Å²) >= 11 is 1.54.